The number of methoxy groups -OCH3 is 2. The summed E-state index contributed by atoms with van der Waals surface area (Å²) in [5.41, 5.74) is -2.96. The summed E-state index contributed by atoms with van der Waals surface area (Å²) in [6.45, 7) is 6.10. The van der Waals surface area contributed by atoms with Crippen LogP contribution in [0.25, 0.3) is 0 Å². The van der Waals surface area contributed by atoms with Crippen LogP contribution in [-0.2, 0) is 84.5 Å². The Hall–Kier alpha value is -9.44. The maximum atomic E-state index is 14.3. The van der Waals surface area contributed by atoms with Crippen molar-refractivity contribution in [1.29, 1.82) is 5.41 Å². The van der Waals surface area contributed by atoms with Gasteiger partial charge in [0.05, 0.1) is 48.3 Å². The zero-order valence-corrected chi connectivity index (χ0v) is 56.7. The maximum absolute atomic E-state index is 14.3. The number of ketones is 2. The number of benzene rings is 3. The Kier molecular flexibility index (Phi) is 24.1. The van der Waals surface area contributed by atoms with Gasteiger partial charge in [-0.15, -0.1) is 0 Å². The van der Waals surface area contributed by atoms with Gasteiger partial charge in [-0.1, -0.05) is 44.5 Å². The first kappa shape index (κ1) is 74.8. The molecule has 32 heteroatoms. The first-order chi connectivity index (χ1) is 47.5. The van der Waals surface area contributed by atoms with Crippen molar-refractivity contribution in [2.45, 2.75) is 159 Å². The molecular formula is C68H85N9O23. The number of likely N-dealkylation sites (N-methyl/N-ethyl adjacent to an activating group) is 2. The Balaban J connectivity index is 0.745. The standard InChI is InChI=1S/C68H85N9O23/c1-34(2)56(73-62(88)41(20-23-49(82)83)72-46(79)15-10-9-11-24-77-47(80)21-22-48(77)81)63(89)70-35(3)61(87)71-38-18-16-37(17-19-38)32-96-66(90)74(5)25-26-75(6)67(91)97-33-45(78)68(92)30-40-52(59(86)53-54(58(40)85)57(84)39-13-12-14-43(93-7)51(39)55(53)69)44(31-68)99-50-29-42-60(36(4)98-50)100-64-65(94-8)95-28-27-76(42)64/h12-14,16-19,21-22,34-36,41-42,44,50,56,60,64-65,69,85-86,92H,9-11,15,20,23-33H2,1-8H3,(H,70,89)(H,71,87)(H,72,79)(H,73,88)(H,82,83)/t35-,36-,41-,42-,44-,50-,56-,60+,64+,65-,68-/m0/s1. The number of carbonyl (C=O) groups excluding carboxylic acids is 10. The molecule has 2 aliphatic carbocycles. The zero-order valence-electron chi connectivity index (χ0n) is 56.7. The maximum Gasteiger partial charge on any atom is 0.409 e. The van der Waals surface area contributed by atoms with Crippen molar-refractivity contribution >= 4 is 76.6 Å². The Labute approximate surface area is 575 Å². The van der Waals surface area contributed by atoms with Gasteiger partial charge in [0.25, 0.3) is 11.8 Å². The molecule has 9 rings (SSSR count). The molecule has 9 N–H and O–H groups in total. The van der Waals surface area contributed by atoms with Crippen LogP contribution in [0.4, 0.5) is 15.3 Å². The average Bonchev–Trinajstić information content (AvgIpc) is 0.852. The monoisotopic (exact) mass is 1400 g/mol. The summed E-state index contributed by atoms with van der Waals surface area (Å²) >= 11 is 0. The zero-order chi connectivity index (χ0) is 72.6. The number of carboxylic acids is 1. The molecule has 8 amide bonds. The van der Waals surface area contributed by atoms with Crippen molar-refractivity contribution in [3.8, 4) is 17.2 Å². The predicted molar refractivity (Wildman–Crippen MR) is 348 cm³/mol. The largest absolute Gasteiger partial charge is 0.507 e. The highest BCUT2D eigenvalue weighted by atomic mass is 16.7. The molecule has 4 heterocycles. The number of morpholine rings is 1. The quantitative estimate of drug-likeness (QED) is 0.0214. The Morgan fingerprint density at radius 3 is 2.16 bits per heavy atom. The lowest BCUT2D eigenvalue weighted by Gasteiger charge is -2.43. The lowest BCUT2D eigenvalue weighted by atomic mass is 9.71. The van der Waals surface area contributed by atoms with E-state index >= 15 is 0 Å². The van der Waals surface area contributed by atoms with Crippen LogP contribution >= 0.6 is 0 Å². The van der Waals surface area contributed by atoms with E-state index in [0.717, 1.165) is 9.80 Å². The number of amides is 8. The third kappa shape index (κ3) is 16.7. The van der Waals surface area contributed by atoms with Crippen LogP contribution in [0, 0.1) is 11.3 Å². The first-order valence-corrected chi connectivity index (χ1v) is 32.9. The fourth-order valence-electron chi connectivity index (χ4n) is 13.0. The summed E-state index contributed by atoms with van der Waals surface area (Å²) in [6, 6.07) is 6.78. The highest BCUT2D eigenvalue weighted by Gasteiger charge is 2.55. The van der Waals surface area contributed by atoms with Crippen LogP contribution in [0.15, 0.2) is 54.6 Å². The molecule has 0 radical (unpaired) electrons. The van der Waals surface area contributed by atoms with Crippen LogP contribution in [0.5, 0.6) is 17.2 Å². The van der Waals surface area contributed by atoms with Gasteiger partial charge >= 0.3 is 18.2 Å². The molecular weight excluding hydrogens is 1310 g/mol. The van der Waals surface area contributed by atoms with Gasteiger partial charge < -0.3 is 89.4 Å². The molecule has 0 saturated carbocycles. The third-order valence-electron chi connectivity index (χ3n) is 18.5. The van der Waals surface area contributed by atoms with Gasteiger partial charge in [0, 0.05) is 120 Å². The minimum Gasteiger partial charge on any atom is -0.507 e. The minimum absolute atomic E-state index is 0.00142. The number of carboxylic acid groups (broad SMARTS) is 1. The minimum atomic E-state index is -2.46. The van der Waals surface area contributed by atoms with Crippen molar-refractivity contribution in [2.24, 2.45) is 5.92 Å². The van der Waals surface area contributed by atoms with E-state index in [1.165, 1.54) is 76.6 Å². The van der Waals surface area contributed by atoms with Gasteiger partial charge in [-0.05, 0) is 62.8 Å². The Bertz CT molecular complexity index is 3700. The molecule has 0 bridgehead atoms. The number of phenolic OH excluding ortho intramolecular Hbond substituents is 2. The number of rotatable bonds is 29. The Morgan fingerprint density at radius 2 is 1.50 bits per heavy atom. The number of hydrogen-bond donors (Lipinski definition) is 9. The number of carbonyl (C=O) groups is 11. The summed E-state index contributed by atoms with van der Waals surface area (Å²) in [5.74, 6) is -8.24. The summed E-state index contributed by atoms with van der Waals surface area (Å²) in [6.07, 6.45) is -4.77. The van der Waals surface area contributed by atoms with Gasteiger partial charge in [0.2, 0.25) is 29.4 Å². The number of aliphatic carboxylic acids is 1. The fraction of sp³-hybridized carbons (Fsp3) is 0.529. The summed E-state index contributed by atoms with van der Waals surface area (Å²) in [7, 11) is 5.63. The SMILES string of the molecule is COc1cccc2c1C(=N)c1c(O)c3c(c(O)c1C2=O)C[C@@](O)(C(=O)COC(=O)N(C)CCN(C)C(=O)OCc1ccc(NC(=O)[C@H](C)NC(=O)[C@@H](NC(=O)[C@H](CCC(=O)O)NC(=O)CCCCCN2C(=O)C=CC2=O)C(C)C)cc1)C[C@@H]3O[C@H]1C[C@H]2[C@H](O[C@@H]3[C@@H](OC)OCCN32)[C@H](C)O1. The van der Waals surface area contributed by atoms with Crippen molar-refractivity contribution in [1.82, 2.24) is 35.6 Å². The van der Waals surface area contributed by atoms with E-state index in [4.69, 9.17) is 37.9 Å². The first-order valence-electron chi connectivity index (χ1n) is 32.9. The molecule has 11 atom stereocenters. The van der Waals surface area contributed by atoms with Crippen molar-refractivity contribution in [3.05, 3.63) is 93.6 Å². The van der Waals surface area contributed by atoms with Crippen LogP contribution < -0.4 is 26.0 Å². The summed E-state index contributed by atoms with van der Waals surface area (Å²) in [5, 5.41) is 65.8. The van der Waals surface area contributed by atoms with Gasteiger partial charge in [0.1, 0.15) is 53.7 Å². The molecule has 540 valence electrons. The molecule has 4 aliphatic heterocycles. The van der Waals surface area contributed by atoms with Crippen LogP contribution in [-0.4, -0.2) is 239 Å². The summed E-state index contributed by atoms with van der Waals surface area (Å²) in [4.78, 5) is 149. The molecule has 6 aliphatic rings. The molecule has 3 saturated heterocycles. The molecule has 3 aromatic rings. The van der Waals surface area contributed by atoms with Crippen LogP contribution in [0.1, 0.15) is 129 Å². The number of aromatic hydroxyl groups is 2. The van der Waals surface area contributed by atoms with Crippen LogP contribution in [0.3, 0.4) is 0 Å². The lowest BCUT2D eigenvalue weighted by Crippen LogP contribution is -2.57. The van der Waals surface area contributed by atoms with E-state index in [2.05, 4.69) is 26.2 Å². The number of ether oxygens (including phenoxy) is 8. The predicted octanol–water partition coefficient (Wildman–Crippen LogP) is 2.66. The molecule has 100 heavy (non-hydrogen) atoms. The third-order valence-corrected chi connectivity index (χ3v) is 18.5. The normalized spacial score (nSPS) is 23.0. The van der Waals surface area contributed by atoms with E-state index in [1.807, 2.05) is 0 Å². The van der Waals surface area contributed by atoms with Crippen molar-refractivity contribution in [3.63, 3.8) is 0 Å². The van der Waals surface area contributed by atoms with Crippen molar-refractivity contribution < 1.29 is 111 Å². The lowest BCUT2D eigenvalue weighted by molar-refractivity contribution is -0.256. The second kappa shape index (κ2) is 32.3. The average molecular weight is 1400 g/mol. The van der Waals surface area contributed by atoms with Gasteiger partial charge in [-0.25, -0.2) is 9.59 Å². The summed E-state index contributed by atoms with van der Waals surface area (Å²) < 4.78 is 47.1. The number of hydrogen-bond acceptors (Lipinski definition) is 24. The van der Waals surface area contributed by atoms with Gasteiger partial charge in [-0.2, -0.15) is 0 Å². The number of nitrogens with zero attached hydrogens (tertiary/aromatic N) is 4. The van der Waals surface area contributed by atoms with E-state index in [-0.39, 0.29) is 90.8 Å². The van der Waals surface area contributed by atoms with Gasteiger partial charge in [-0.3, -0.25) is 58.4 Å². The molecule has 3 fully saturated rings. The van der Waals surface area contributed by atoms with Crippen molar-refractivity contribution in [2.75, 3.05) is 73.0 Å². The number of unbranched alkanes of at least 4 members (excludes halogenated alkanes) is 2. The number of imide groups is 1. The highest BCUT2D eigenvalue weighted by molar-refractivity contribution is 6.32. The second-order valence-electron chi connectivity index (χ2n) is 25.8. The number of phenols is 2. The number of Topliss-reactive ketones (excluding diaryl/α,β-unsaturated/α-hetero) is 1. The highest BCUT2D eigenvalue weighted by Crippen LogP contribution is 2.53. The fourth-order valence-corrected chi connectivity index (χ4v) is 13.0. The van der Waals surface area contributed by atoms with E-state index in [0.29, 0.717) is 43.7 Å². The number of nitrogens with one attached hydrogen (secondary N) is 5. The molecule has 0 unspecified atom stereocenters. The van der Waals surface area contributed by atoms with E-state index < -0.39 is 175 Å². The Morgan fingerprint density at radius 1 is 0.810 bits per heavy atom. The molecule has 0 aromatic heterocycles. The smallest absolute Gasteiger partial charge is 0.409 e. The van der Waals surface area contributed by atoms with E-state index in [9.17, 15) is 78.6 Å². The number of anilines is 1. The molecule has 0 spiro atoms. The number of aliphatic hydroxyl groups is 1. The van der Waals surface area contributed by atoms with Gasteiger partial charge in [0.15, 0.2) is 31.2 Å². The number of fused-ring (bicyclic) bond motifs is 6. The molecule has 32 nitrogen and oxygen atoms in total. The second-order valence-corrected chi connectivity index (χ2v) is 25.8. The topological polar surface area (TPSA) is 427 Å². The molecule has 3 aromatic carbocycles. The van der Waals surface area contributed by atoms with Crippen LogP contribution in [0.2, 0.25) is 0 Å². The van der Waals surface area contributed by atoms with E-state index in [1.54, 1.807) is 39.0 Å².